The Bertz CT molecular complexity index is 761. The normalized spacial score (nSPS) is 28.1. The van der Waals surface area contributed by atoms with Crippen LogP contribution in [0.25, 0.3) is 0 Å². The number of nitrogens with one attached hydrogen (secondary N) is 1. The van der Waals surface area contributed by atoms with Gasteiger partial charge in [-0.25, -0.2) is 0 Å². The zero-order valence-corrected chi connectivity index (χ0v) is 18.8. The SMILES string of the molecule is CNC(=O)CC1C(=O)N(C2CCN(C3CCC(C(C)C)CC3)CC2)c2ccccc21. The van der Waals surface area contributed by atoms with Gasteiger partial charge in [-0.2, -0.15) is 0 Å². The van der Waals surface area contributed by atoms with Crippen molar-refractivity contribution in [3.8, 4) is 0 Å². The van der Waals surface area contributed by atoms with Crippen LogP contribution in [-0.2, 0) is 9.59 Å². The Morgan fingerprint density at radius 2 is 1.70 bits per heavy atom. The number of likely N-dealkylation sites (tertiary alicyclic amines) is 1. The largest absolute Gasteiger partial charge is 0.359 e. The molecule has 1 aliphatic carbocycles. The first-order chi connectivity index (χ1) is 14.5. The van der Waals surface area contributed by atoms with Crippen LogP contribution in [0.2, 0.25) is 0 Å². The van der Waals surface area contributed by atoms with Gasteiger partial charge < -0.3 is 15.1 Å². The molecule has 30 heavy (non-hydrogen) atoms. The molecular weight excluding hydrogens is 374 g/mol. The van der Waals surface area contributed by atoms with Crippen molar-refractivity contribution < 1.29 is 9.59 Å². The fourth-order valence-corrected chi connectivity index (χ4v) is 5.93. The van der Waals surface area contributed by atoms with Crippen molar-refractivity contribution in [3.05, 3.63) is 29.8 Å². The third-order valence-electron chi connectivity index (χ3n) is 7.84. The molecule has 2 aliphatic heterocycles. The van der Waals surface area contributed by atoms with E-state index in [-0.39, 0.29) is 30.2 Å². The van der Waals surface area contributed by atoms with E-state index in [2.05, 4.69) is 30.1 Å². The summed E-state index contributed by atoms with van der Waals surface area (Å²) in [6, 6.07) is 9.02. The molecule has 1 N–H and O–H groups in total. The van der Waals surface area contributed by atoms with Gasteiger partial charge >= 0.3 is 0 Å². The van der Waals surface area contributed by atoms with Crippen molar-refractivity contribution in [1.82, 2.24) is 10.2 Å². The molecule has 4 rings (SSSR count). The molecule has 1 atom stereocenters. The van der Waals surface area contributed by atoms with Gasteiger partial charge in [0.25, 0.3) is 0 Å². The maximum absolute atomic E-state index is 13.3. The number of benzene rings is 1. The average molecular weight is 412 g/mol. The number of para-hydroxylation sites is 1. The van der Waals surface area contributed by atoms with Crippen LogP contribution in [-0.4, -0.2) is 48.9 Å². The van der Waals surface area contributed by atoms with E-state index in [4.69, 9.17) is 0 Å². The molecular formula is C25H37N3O2. The monoisotopic (exact) mass is 411 g/mol. The number of hydrogen-bond donors (Lipinski definition) is 1. The van der Waals surface area contributed by atoms with Crippen LogP contribution in [0, 0.1) is 11.8 Å². The van der Waals surface area contributed by atoms with Gasteiger partial charge in [-0.05, 0) is 62.0 Å². The minimum Gasteiger partial charge on any atom is -0.359 e. The van der Waals surface area contributed by atoms with Crippen LogP contribution >= 0.6 is 0 Å². The van der Waals surface area contributed by atoms with Crippen molar-refractivity contribution >= 4 is 17.5 Å². The molecule has 1 saturated carbocycles. The number of nitrogens with zero attached hydrogens (tertiary/aromatic N) is 2. The highest BCUT2D eigenvalue weighted by molar-refractivity contribution is 6.07. The molecule has 0 aromatic heterocycles. The summed E-state index contributed by atoms with van der Waals surface area (Å²) in [5.74, 6) is 1.40. The van der Waals surface area contributed by atoms with Gasteiger partial charge in [0.1, 0.15) is 0 Å². The second-order valence-electron chi connectivity index (χ2n) is 9.78. The lowest BCUT2D eigenvalue weighted by Crippen LogP contribution is -2.50. The summed E-state index contributed by atoms with van der Waals surface area (Å²) in [5.41, 5.74) is 2.04. The van der Waals surface area contributed by atoms with Crippen LogP contribution in [0.4, 0.5) is 5.69 Å². The fourth-order valence-electron chi connectivity index (χ4n) is 5.93. The summed E-state index contributed by atoms with van der Waals surface area (Å²) >= 11 is 0. The van der Waals surface area contributed by atoms with Crippen molar-refractivity contribution in [2.24, 2.45) is 11.8 Å². The Morgan fingerprint density at radius 1 is 1.03 bits per heavy atom. The maximum atomic E-state index is 13.3. The number of rotatable bonds is 5. The lowest BCUT2D eigenvalue weighted by molar-refractivity contribution is -0.126. The van der Waals surface area contributed by atoms with E-state index in [1.165, 1.54) is 25.7 Å². The fraction of sp³-hybridized carbons (Fsp3) is 0.680. The summed E-state index contributed by atoms with van der Waals surface area (Å²) in [4.78, 5) is 30.0. The number of fused-ring (bicyclic) bond motifs is 1. The third-order valence-corrected chi connectivity index (χ3v) is 7.84. The molecule has 1 unspecified atom stereocenters. The Balaban J connectivity index is 1.40. The second-order valence-corrected chi connectivity index (χ2v) is 9.78. The molecule has 5 heteroatoms. The molecule has 164 valence electrons. The van der Waals surface area contributed by atoms with Gasteiger partial charge in [0.2, 0.25) is 11.8 Å². The van der Waals surface area contributed by atoms with Crippen molar-refractivity contribution in [3.63, 3.8) is 0 Å². The van der Waals surface area contributed by atoms with Crippen molar-refractivity contribution in [2.45, 2.75) is 76.8 Å². The topological polar surface area (TPSA) is 52.7 Å². The van der Waals surface area contributed by atoms with E-state index in [0.29, 0.717) is 0 Å². The standard InChI is InChI=1S/C25H37N3O2/c1-17(2)18-8-10-19(11-9-18)27-14-12-20(13-15-27)28-23-7-5-4-6-21(23)22(25(28)30)16-24(29)26-3/h4-7,17-20,22H,8-16H2,1-3H3,(H,26,29). The number of anilines is 1. The first-order valence-electron chi connectivity index (χ1n) is 11.9. The van der Waals surface area contributed by atoms with E-state index in [0.717, 1.165) is 55.1 Å². The van der Waals surface area contributed by atoms with Crippen LogP contribution < -0.4 is 10.2 Å². The quantitative estimate of drug-likeness (QED) is 0.799. The van der Waals surface area contributed by atoms with Crippen molar-refractivity contribution in [1.29, 1.82) is 0 Å². The minimum atomic E-state index is -0.342. The highest BCUT2D eigenvalue weighted by atomic mass is 16.2. The summed E-state index contributed by atoms with van der Waals surface area (Å²) in [5, 5.41) is 2.67. The van der Waals surface area contributed by atoms with Crippen LogP contribution in [0.1, 0.15) is 70.3 Å². The molecule has 0 bridgehead atoms. The zero-order valence-electron chi connectivity index (χ0n) is 18.8. The van der Waals surface area contributed by atoms with Gasteiger partial charge in [-0.15, -0.1) is 0 Å². The van der Waals surface area contributed by atoms with Gasteiger partial charge in [0.05, 0.1) is 5.92 Å². The number of hydrogen-bond acceptors (Lipinski definition) is 3. The van der Waals surface area contributed by atoms with E-state index < -0.39 is 0 Å². The first-order valence-corrected chi connectivity index (χ1v) is 11.9. The molecule has 1 aromatic rings. The maximum Gasteiger partial charge on any atom is 0.235 e. The summed E-state index contributed by atoms with van der Waals surface area (Å²) in [6.45, 7) is 6.87. The van der Waals surface area contributed by atoms with Crippen molar-refractivity contribution in [2.75, 3.05) is 25.0 Å². The molecule has 2 amide bonds. The van der Waals surface area contributed by atoms with Crippen LogP contribution in [0.5, 0.6) is 0 Å². The summed E-state index contributed by atoms with van der Waals surface area (Å²) < 4.78 is 0. The molecule has 1 saturated heterocycles. The molecule has 5 nitrogen and oxygen atoms in total. The van der Waals surface area contributed by atoms with E-state index in [1.54, 1.807) is 7.05 Å². The first kappa shape index (κ1) is 21.4. The Kier molecular flexibility index (Phi) is 6.47. The Hall–Kier alpha value is -1.88. The smallest absolute Gasteiger partial charge is 0.235 e. The summed E-state index contributed by atoms with van der Waals surface area (Å²) in [6.07, 6.45) is 7.66. The molecule has 0 radical (unpaired) electrons. The van der Waals surface area contributed by atoms with E-state index in [1.807, 2.05) is 23.1 Å². The number of carbonyl (C=O) groups excluding carboxylic acids is 2. The molecule has 1 aromatic carbocycles. The van der Waals surface area contributed by atoms with E-state index in [9.17, 15) is 9.59 Å². The summed E-state index contributed by atoms with van der Waals surface area (Å²) in [7, 11) is 1.63. The molecule has 0 spiro atoms. The molecule has 2 fully saturated rings. The number of carbonyl (C=O) groups is 2. The zero-order chi connectivity index (χ0) is 21.3. The van der Waals surface area contributed by atoms with Gasteiger partial charge in [-0.3, -0.25) is 9.59 Å². The van der Waals surface area contributed by atoms with Gasteiger partial charge in [0.15, 0.2) is 0 Å². The number of amides is 2. The number of piperidine rings is 1. The van der Waals surface area contributed by atoms with Gasteiger partial charge in [0, 0.05) is 44.3 Å². The highest BCUT2D eigenvalue weighted by Crippen LogP contribution is 2.42. The van der Waals surface area contributed by atoms with Crippen LogP contribution in [0.3, 0.4) is 0 Å². The third kappa shape index (κ3) is 4.14. The van der Waals surface area contributed by atoms with E-state index >= 15 is 0 Å². The lowest BCUT2D eigenvalue weighted by Gasteiger charge is -2.43. The second kappa shape index (κ2) is 9.09. The predicted octanol–water partition coefficient (Wildman–Crippen LogP) is 3.93. The Labute approximate surface area is 181 Å². The average Bonchev–Trinajstić information content (AvgIpc) is 3.05. The molecule has 2 heterocycles. The minimum absolute atomic E-state index is 0.0724. The Morgan fingerprint density at radius 3 is 2.33 bits per heavy atom. The van der Waals surface area contributed by atoms with Gasteiger partial charge in [-0.1, -0.05) is 32.0 Å². The molecule has 3 aliphatic rings. The highest BCUT2D eigenvalue weighted by Gasteiger charge is 2.42. The van der Waals surface area contributed by atoms with Crippen LogP contribution in [0.15, 0.2) is 24.3 Å². The lowest BCUT2D eigenvalue weighted by atomic mass is 9.79. The predicted molar refractivity (Wildman–Crippen MR) is 121 cm³/mol.